The van der Waals surface area contributed by atoms with E-state index in [1.807, 2.05) is 36.4 Å². The van der Waals surface area contributed by atoms with Crippen LogP contribution in [-0.4, -0.2) is 58.8 Å². The number of hydrogen-bond donors (Lipinski definition) is 4. The third-order valence-corrected chi connectivity index (χ3v) is 13.9. The van der Waals surface area contributed by atoms with Crippen LogP contribution >= 0.6 is 11.3 Å². The number of aliphatic carboxylic acids is 1. The van der Waals surface area contributed by atoms with Gasteiger partial charge in [-0.1, -0.05) is 30.3 Å². The van der Waals surface area contributed by atoms with Crippen LogP contribution in [0.1, 0.15) is 104 Å². The van der Waals surface area contributed by atoms with Crippen molar-refractivity contribution >= 4 is 55.8 Å². The zero-order valence-electron chi connectivity index (χ0n) is 29.8. The van der Waals surface area contributed by atoms with E-state index in [0.29, 0.717) is 41.9 Å². The maximum atomic E-state index is 14.1. The van der Waals surface area contributed by atoms with Crippen molar-refractivity contribution < 1.29 is 37.8 Å². The first-order valence-electron chi connectivity index (χ1n) is 18.5. The molecular weight excluding hydrogens is 727 g/mol. The summed E-state index contributed by atoms with van der Waals surface area (Å²) < 4.78 is 29.7. The van der Waals surface area contributed by atoms with Crippen molar-refractivity contribution in [1.82, 2.24) is 4.31 Å². The molecule has 1 heterocycles. The van der Waals surface area contributed by atoms with Crippen LogP contribution in [0, 0.1) is 5.92 Å². The molecule has 0 unspecified atom stereocenters. The van der Waals surface area contributed by atoms with Crippen molar-refractivity contribution in [2.45, 2.75) is 94.0 Å². The van der Waals surface area contributed by atoms with Gasteiger partial charge < -0.3 is 20.8 Å². The van der Waals surface area contributed by atoms with Crippen molar-refractivity contribution in [2.75, 3.05) is 10.6 Å². The van der Waals surface area contributed by atoms with Gasteiger partial charge in [-0.05, 0) is 136 Å². The summed E-state index contributed by atoms with van der Waals surface area (Å²) in [5, 5.41) is 25.0. The average Bonchev–Trinajstić information content (AvgIpc) is 3.93. The van der Waals surface area contributed by atoms with Crippen LogP contribution in [0.4, 0.5) is 10.7 Å². The third kappa shape index (κ3) is 8.28. The number of carbonyl (C=O) groups is 4. The number of nitrogens with one attached hydrogen (secondary N) is 2. The number of benzene rings is 3. The molecule has 0 saturated heterocycles. The molecule has 3 aliphatic carbocycles. The molecule has 0 radical (unpaired) electrons. The number of aryl methyl sites for hydroxylation is 3. The van der Waals surface area contributed by atoms with Crippen molar-refractivity contribution in [3.63, 3.8) is 0 Å². The second-order valence-corrected chi connectivity index (χ2v) is 17.4. The van der Waals surface area contributed by atoms with Gasteiger partial charge in [-0.3, -0.25) is 14.4 Å². The van der Waals surface area contributed by atoms with Crippen molar-refractivity contribution in [2.24, 2.45) is 5.92 Å². The van der Waals surface area contributed by atoms with Gasteiger partial charge in [-0.25, -0.2) is 13.2 Å². The molecule has 0 atom stereocenters. The van der Waals surface area contributed by atoms with E-state index in [9.17, 15) is 32.7 Å². The SMILES string of the molecule is O=C(O)c1ccc(CCc2ccc(NC(=O)c3c(NC(=O)c4cccc(S(=O)(=O)N(C5CC5)[C@H]5CC[C@@H](C(=O)O)CC5)c4)sc4c3CCCC4)cc2)cc1. The Hall–Kier alpha value is -4.85. The highest BCUT2D eigenvalue weighted by Gasteiger charge is 2.44. The molecule has 11 nitrogen and oxygen atoms in total. The van der Waals surface area contributed by atoms with Gasteiger partial charge in [0.1, 0.15) is 5.00 Å². The summed E-state index contributed by atoms with van der Waals surface area (Å²) in [6.07, 6.45) is 8.26. The van der Waals surface area contributed by atoms with Crippen molar-refractivity contribution in [1.29, 1.82) is 0 Å². The van der Waals surface area contributed by atoms with Crippen LogP contribution < -0.4 is 10.6 Å². The minimum Gasteiger partial charge on any atom is -0.481 e. The quantitative estimate of drug-likeness (QED) is 0.109. The van der Waals surface area contributed by atoms with E-state index in [4.69, 9.17) is 5.11 Å². The van der Waals surface area contributed by atoms with Crippen LogP contribution in [0.25, 0.3) is 0 Å². The second kappa shape index (κ2) is 15.9. The number of rotatable bonds is 13. The molecule has 4 aromatic rings. The Morgan fingerprint density at radius 3 is 1.94 bits per heavy atom. The molecule has 7 rings (SSSR count). The summed E-state index contributed by atoms with van der Waals surface area (Å²) in [7, 11) is -3.96. The highest BCUT2D eigenvalue weighted by molar-refractivity contribution is 7.89. The maximum absolute atomic E-state index is 14.1. The zero-order chi connectivity index (χ0) is 38.0. The van der Waals surface area contributed by atoms with E-state index in [1.165, 1.54) is 23.5 Å². The molecule has 0 bridgehead atoms. The molecule has 3 aliphatic rings. The van der Waals surface area contributed by atoms with Crippen LogP contribution in [0.2, 0.25) is 0 Å². The van der Waals surface area contributed by atoms with E-state index in [2.05, 4.69) is 10.6 Å². The van der Waals surface area contributed by atoms with Crippen molar-refractivity contribution in [3.8, 4) is 0 Å². The van der Waals surface area contributed by atoms with Crippen LogP contribution in [0.5, 0.6) is 0 Å². The van der Waals surface area contributed by atoms with E-state index < -0.39 is 33.8 Å². The lowest BCUT2D eigenvalue weighted by Crippen LogP contribution is -2.44. The Kier molecular flexibility index (Phi) is 11.0. The number of fused-ring (bicyclic) bond motifs is 1. The number of hydrogen-bond acceptors (Lipinski definition) is 7. The molecule has 2 amide bonds. The first kappa shape index (κ1) is 37.5. The Bertz CT molecular complexity index is 2170. The van der Waals surface area contributed by atoms with E-state index in [0.717, 1.165) is 72.9 Å². The molecule has 2 saturated carbocycles. The van der Waals surface area contributed by atoms with Gasteiger partial charge >= 0.3 is 11.9 Å². The summed E-state index contributed by atoms with van der Waals surface area (Å²) in [4.78, 5) is 51.4. The topological polar surface area (TPSA) is 170 Å². The molecule has 0 spiro atoms. The van der Waals surface area contributed by atoms with Gasteiger partial charge in [-0.2, -0.15) is 4.31 Å². The van der Waals surface area contributed by atoms with Gasteiger partial charge in [0, 0.05) is 28.2 Å². The minimum absolute atomic E-state index is 0.0189. The number of sulfonamides is 1. The van der Waals surface area contributed by atoms with E-state index in [1.54, 1.807) is 28.6 Å². The first-order chi connectivity index (χ1) is 26.0. The molecule has 4 N–H and O–H groups in total. The van der Waals surface area contributed by atoms with Gasteiger partial charge in [0.15, 0.2) is 0 Å². The van der Waals surface area contributed by atoms with Gasteiger partial charge in [0.05, 0.1) is 21.9 Å². The molecule has 282 valence electrons. The molecular formula is C41H43N3O8S2. The number of thiophene rings is 1. The van der Waals surface area contributed by atoms with Crippen LogP contribution in [-0.2, 0) is 40.5 Å². The lowest BCUT2D eigenvalue weighted by Gasteiger charge is -2.35. The predicted octanol–water partition coefficient (Wildman–Crippen LogP) is 7.41. The number of nitrogens with zero attached hydrogens (tertiary/aromatic N) is 1. The number of aromatic carboxylic acids is 1. The van der Waals surface area contributed by atoms with Gasteiger partial charge in [-0.15, -0.1) is 11.3 Å². The molecule has 3 aromatic carbocycles. The second-order valence-electron chi connectivity index (χ2n) is 14.5. The summed E-state index contributed by atoms with van der Waals surface area (Å²) in [5.74, 6) is -3.10. The Labute approximate surface area is 318 Å². The fourth-order valence-electron chi connectivity index (χ4n) is 7.64. The molecule has 2 fully saturated rings. The largest absolute Gasteiger partial charge is 0.481 e. The van der Waals surface area contributed by atoms with Gasteiger partial charge in [0.2, 0.25) is 10.0 Å². The molecule has 0 aliphatic heterocycles. The number of carboxylic acid groups (broad SMARTS) is 2. The summed E-state index contributed by atoms with van der Waals surface area (Å²) in [6, 6.07) is 20.0. The summed E-state index contributed by atoms with van der Waals surface area (Å²) in [6.45, 7) is 0. The van der Waals surface area contributed by atoms with E-state index in [-0.39, 0.29) is 34.0 Å². The Morgan fingerprint density at radius 2 is 1.33 bits per heavy atom. The molecule has 1 aromatic heterocycles. The summed E-state index contributed by atoms with van der Waals surface area (Å²) in [5.41, 5.74) is 4.46. The number of carbonyl (C=O) groups excluding carboxylic acids is 2. The average molecular weight is 770 g/mol. The number of amides is 2. The summed E-state index contributed by atoms with van der Waals surface area (Å²) >= 11 is 1.39. The highest BCUT2D eigenvalue weighted by Crippen LogP contribution is 2.41. The van der Waals surface area contributed by atoms with Crippen molar-refractivity contribution in [3.05, 3.63) is 111 Å². The minimum atomic E-state index is -3.96. The Balaban J connectivity index is 1.05. The number of anilines is 2. The normalized spacial score (nSPS) is 18.5. The fourth-order valence-corrected chi connectivity index (χ4v) is 10.9. The number of carboxylic acids is 2. The standard InChI is InChI=1S/C41H43N3O8S2/c45-37(29-4-3-5-33(24-29)54(51,52)44(32-22-23-32)31-20-16-28(17-21-31)41(49)50)43-39-36(34-6-1-2-7-35(34)53-39)38(46)42-30-18-12-26(13-19-30)9-8-25-10-14-27(15-11-25)40(47)48/h3-5,10-15,18-19,24,28,31-32H,1-2,6-9,16-17,20-23H2,(H,42,46)(H,43,45)(H,47,48)(H,49,50)/t28-,31+. The van der Waals surface area contributed by atoms with Gasteiger partial charge in [0.25, 0.3) is 11.8 Å². The highest BCUT2D eigenvalue weighted by atomic mass is 32.2. The monoisotopic (exact) mass is 769 g/mol. The smallest absolute Gasteiger partial charge is 0.335 e. The van der Waals surface area contributed by atoms with E-state index >= 15 is 0 Å². The maximum Gasteiger partial charge on any atom is 0.335 e. The fraction of sp³-hybridized carbons (Fsp3) is 0.366. The third-order valence-electron chi connectivity index (χ3n) is 10.7. The zero-order valence-corrected chi connectivity index (χ0v) is 31.4. The van der Waals surface area contributed by atoms with Crippen LogP contribution in [0.3, 0.4) is 0 Å². The lowest BCUT2D eigenvalue weighted by atomic mass is 9.86. The Morgan fingerprint density at radius 1 is 0.722 bits per heavy atom. The predicted molar refractivity (Wildman–Crippen MR) is 206 cm³/mol. The van der Waals surface area contributed by atoms with Crippen LogP contribution in [0.15, 0.2) is 77.7 Å². The lowest BCUT2D eigenvalue weighted by molar-refractivity contribution is -0.143. The first-order valence-corrected chi connectivity index (χ1v) is 20.8. The molecule has 54 heavy (non-hydrogen) atoms. The molecule has 13 heteroatoms.